The van der Waals surface area contributed by atoms with Gasteiger partial charge in [0.25, 0.3) is 0 Å². The van der Waals surface area contributed by atoms with Gasteiger partial charge in [0.05, 0.1) is 12.1 Å². The predicted octanol–water partition coefficient (Wildman–Crippen LogP) is 2.44. The highest BCUT2D eigenvalue weighted by molar-refractivity contribution is 5.53. The van der Waals surface area contributed by atoms with Crippen LogP contribution in [-0.2, 0) is 6.54 Å². The zero-order valence-electron chi connectivity index (χ0n) is 13.1. The molecule has 1 saturated heterocycles. The summed E-state index contributed by atoms with van der Waals surface area (Å²) in [5, 5.41) is 14.2. The van der Waals surface area contributed by atoms with E-state index in [1.54, 1.807) is 12.4 Å². The van der Waals surface area contributed by atoms with E-state index in [2.05, 4.69) is 20.0 Å². The molecule has 24 heavy (non-hydrogen) atoms. The van der Waals surface area contributed by atoms with Crippen molar-refractivity contribution in [2.75, 3.05) is 6.54 Å². The highest BCUT2D eigenvalue weighted by atomic mass is 16.5. The predicted molar refractivity (Wildman–Crippen MR) is 87.7 cm³/mol. The van der Waals surface area contributed by atoms with E-state index < -0.39 is 0 Å². The van der Waals surface area contributed by atoms with Crippen molar-refractivity contribution in [2.24, 2.45) is 0 Å². The lowest BCUT2D eigenvalue weighted by Crippen LogP contribution is -2.24. The van der Waals surface area contributed by atoms with Gasteiger partial charge in [0.2, 0.25) is 11.7 Å². The minimum absolute atomic E-state index is 0.0712. The van der Waals surface area contributed by atoms with Crippen molar-refractivity contribution >= 4 is 0 Å². The molecule has 3 heterocycles. The molecule has 2 aromatic heterocycles. The lowest BCUT2D eigenvalue weighted by atomic mass is 10.2. The largest absolute Gasteiger partial charge is 0.392 e. The standard InChI is InChI=1S/C18H18N4O2/c23-15-10-16(22(12-15)11-13-6-8-19-9-7-13)18-20-17(21-24-18)14-4-2-1-3-5-14/h1-9,15-16,23H,10-12H2. The third kappa shape index (κ3) is 3.06. The van der Waals surface area contributed by atoms with Crippen molar-refractivity contribution in [1.29, 1.82) is 0 Å². The first-order valence-corrected chi connectivity index (χ1v) is 7.99. The SMILES string of the molecule is OC1CC(c2nc(-c3ccccc3)no2)N(Cc2ccncc2)C1. The number of aliphatic hydroxyl groups is 1. The first-order valence-electron chi connectivity index (χ1n) is 7.99. The summed E-state index contributed by atoms with van der Waals surface area (Å²) in [7, 11) is 0. The summed E-state index contributed by atoms with van der Waals surface area (Å²) in [5.74, 6) is 1.13. The van der Waals surface area contributed by atoms with Crippen LogP contribution in [-0.4, -0.2) is 37.8 Å². The molecule has 2 unspecified atom stereocenters. The number of likely N-dealkylation sites (tertiary alicyclic amines) is 1. The van der Waals surface area contributed by atoms with Crippen molar-refractivity contribution in [1.82, 2.24) is 20.0 Å². The molecule has 0 spiro atoms. The molecular weight excluding hydrogens is 304 g/mol. The van der Waals surface area contributed by atoms with Gasteiger partial charge in [-0.25, -0.2) is 0 Å². The van der Waals surface area contributed by atoms with Crippen molar-refractivity contribution in [2.45, 2.75) is 25.1 Å². The van der Waals surface area contributed by atoms with Gasteiger partial charge in [0.15, 0.2) is 0 Å². The van der Waals surface area contributed by atoms with E-state index in [1.165, 1.54) is 0 Å². The number of aromatic nitrogens is 3. The molecule has 3 aromatic rings. The Morgan fingerprint density at radius 2 is 1.92 bits per heavy atom. The second-order valence-electron chi connectivity index (χ2n) is 6.01. The van der Waals surface area contributed by atoms with Gasteiger partial charge in [0.1, 0.15) is 0 Å². The highest BCUT2D eigenvalue weighted by Gasteiger charge is 2.35. The van der Waals surface area contributed by atoms with Gasteiger partial charge >= 0.3 is 0 Å². The third-order valence-corrected chi connectivity index (χ3v) is 4.28. The molecule has 2 atom stereocenters. The van der Waals surface area contributed by atoms with E-state index in [1.807, 2.05) is 42.5 Å². The van der Waals surface area contributed by atoms with E-state index in [9.17, 15) is 5.11 Å². The number of β-amino-alcohol motifs (C(OH)–C–C–N with tert-alkyl or cyclic N) is 1. The number of pyridine rings is 1. The molecular formula is C18H18N4O2. The Morgan fingerprint density at radius 1 is 1.12 bits per heavy atom. The first-order chi connectivity index (χ1) is 11.8. The fourth-order valence-corrected chi connectivity index (χ4v) is 3.11. The summed E-state index contributed by atoms with van der Waals surface area (Å²) in [5.41, 5.74) is 2.07. The molecule has 1 aliphatic heterocycles. The van der Waals surface area contributed by atoms with E-state index in [4.69, 9.17) is 4.52 Å². The van der Waals surface area contributed by atoms with Crippen molar-refractivity contribution < 1.29 is 9.63 Å². The van der Waals surface area contributed by atoms with Crippen LogP contribution in [0, 0.1) is 0 Å². The fraction of sp³-hybridized carbons (Fsp3) is 0.278. The van der Waals surface area contributed by atoms with Crippen molar-refractivity contribution in [3.63, 3.8) is 0 Å². The Bertz CT molecular complexity index is 791. The highest BCUT2D eigenvalue weighted by Crippen LogP contribution is 2.33. The van der Waals surface area contributed by atoms with Crippen LogP contribution in [0.4, 0.5) is 0 Å². The van der Waals surface area contributed by atoms with Crippen molar-refractivity contribution in [3.05, 3.63) is 66.3 Å². The molecule has 1 fully saturated rings. The zero-order valence-corrected chi connectivity index (χ0v) is 13.1. The van der Waals surface area contributed by atoms with E-state index in [-0.39, 0.29) is 12.1 Å². The van der Waals surface area contributed by atoms with E-state index in [0.29, 0.717) is 31.2 Å². The van der Waals surface area contributed by atoms with E-state index in [0.717, 1.165) is 11.1 Å². The summed E-state index contributed by atoms with van der Waals surface area (Å²) >= 11 is 0. The summed E-state index contributed by atoms with van der Waals surface area (Å²) < 4.78 is 5.49. The van der Waals surface area contributed by atoms with Crippen LogP contribution in [0.2, 0.25) is 0 Å². The smallest absolute Gasteiger partial charge is 0.244 e. The minimum Gasteiger partial charge on any atom is -0.392 e. The third-order valence-electron chi connectivity index (χ3n) is 4.28. The Hall–Kier alpha value is -2.57. The van der Waals surface area contributed by atoms with Gasteiger partial charge in [-0.15, -0.1) is 0 Å². The van der Waals surface area contributed by atoms with Crippen LogP contribution < -0.4 is 0 Å². The molecule has 0 saturated carbocycles. The Morgan fingerprint density at radius 3 is 2.71 bits per heavy atom. The number of hydrogen-bond acceptors (Lipinski definition) is 6. The molecule has 1 aromatic carbocycles. The van der Waals surface area contributed by atoms with Crippen LogP contribution in [0.15, 0.2) is 59.4 Å². The number of rotatable bonds is 4. The lowest BCUT2D eigenvalue weighted by molar-refractivity contribution is 0.169. The van der Waals surface area contributed by atoms with Gasteiger partial charge < -0.3 is 9.63 Å². The molecule has 1 N–H and O–H groups in total. The van der Waals surface area contributed by atoms with Gasteiger partial charge in [-0.3, -0.25) is 9.88 Å². The van der Waals surface area contributed by atoms with Crippen LogP contribution in [0.1, 0.15) is 23.9 Å². The molecule has 6 nitrogen and oxygen atoms in total. The molecule has 0 amide bonds. The second-order valence-corrected chi connectivity index (χ2v) is 6.01. The van der Waals surface area contributed by atoms with Crippen molar-refractivity contribution in [3.8, 4) is 11.4 Å². The van der Waals surface area contributed by atoms with Crippen LogP contribution in [0.3, 0.4) is 0 Å². The molecule has 0 bridgehead atoms. The van der Waals surface area contributed by atoms with Crippen LogP contribution in [0.25, 0.3) is 11.4 Å². The quantitative estimate of drug-likeness (QED) is 0.795. The average molecular weight is 322 g/mol. The molecule has 122 valence electrons. The maximum absolute atomic E-state index is 10.1. The molecule has 4 rings (SSSR count). The Labute approximate surface area is 139 Å². The number of nitrogens with zero attached hydrogens (tertiary/aromatic N) is 4. The molecule has 0 radical (unpaired) electrons. The summed E-state index contributed by atoms with van der Waals surface area (Å²) in [6.07, 6.45) is 3.76. The fourth-order valence-electron chi connectivity index (χ4n) is 3.11. The number of aliphatic hydroxyl groups excluding tert-OH is 1. The van der Waals surface area contributed by atoms with Crippen LogP contribution >= 0.6 is 0 Å². The normalized spacial score (nSPS) is 21.2. The first kappa shape index (κ1) is 15.0. The van der Waals surface area contributed by atoms with Gasteiger partial charge in [-0.05, 0) is 24.1 Å². The molecule has 6 heteroatoms. The zero-order chi connectivity index (χ0) is 16.4. The summed E-state index contributed by atoms with van der Waals surface area (Å²) in [4.78, 5) is 10.8. The van der Waals surface area contributed by atoms with Gasteiger partial charge in [-0.1, -0.05) is 35.5 Å². The Kier molecular flexibility index (Phi) is 4.06. The van der Waals surface area contributed by atoms with Gasteiger partial charge in [0, 0.05) is 31.0 Å². The average Bonchev–Trinajstić information content (AvgIpc) is 3.23. The van der Waals surface area contributed by atoms with Crippen LogP contribution in [0.5, 0.6) is 0 Å². The number of benzene rings is 1. The van der Waals surface area contributed by atoms with Gasteiger partial charge in [-0.2, -0.15) is 4.98 Å². The molecule has 1 aliphatic rings. The minimum atomic E-state index is -0.385. The maximum Gasteiger partial charge on any atom is 0.244 e. The number of hydrogen-bond donors (Lipinski definition) is 1. The summed E-state index contributed by atoms with van der Waals surface area (Å²) in [6, 6.07) is 13.6. The lowest BCUT2D eigenvalue weighted by Gasteiger charge is -2.20. The summed E-state index contributed by atoms with van der Waals surface area (Å²) in [6.45, 7) is 1.31. The van der Waals surface area contributed by atoms with E-state index >= 15 is 0 Å². The second kappa shape index (κ2) is 6.51. The topological polar surface area (TPSA) is 75.3 Å². The Balaban J connectivity index is 1.57. The maximum atomic E-state index is 10.1. The molecule has 0 aliphatic carbocycles. The monoisotopic (exact) mass is 322 g/mol.